The monoisotopic (exact) mass is 311 g/mol. The topological polar surface area (TPSA) is 29.1 Å². The zero-order chi connectivity index (χ0) is 14.3. The molecule has 0 heterocycles. The predicted octanol–water partition coefficient (Wildman–Crippen LogP) is 4.55. The Balaban J connectivity index is 1.65. The van der Waals surface area contributed by atoms with E-state index in [-0.39, 0.29) is 11.9 Å². The van der Waals surface area contributed by atoms with Crippen molar-refractivity contribution in [1.29, 1.82) is 0 Å². The molecule has 0 spiro atoms. The minimum Gasteiger partial charge on any atom is -0.349 e. The summed E-state index contributed by atoms with van der Waals surface area (Å²) >= 11 is 11.8. The van der Waals surface area contributed by atoms with Crippen LogP contribution in [-0.4, -0.2) is 11.9 Å². The fourth-order valence-electron chi connectivity index (χ4n) is 3.94. The van der Waals surface area contributed by atoms with Crippen LogP contribution in [0.4, 0.5) is 0 Å². The van der Waals surface area contributed by atoms with E-state index in [1.54, 1.807) is 18.2 Å². The molecule has 2 fully saturated rings. The Morgan fingerprint density at radius 3 is 2.65 bits per heavy atom. The van der Waals surface area contributed by atoms with Crippen molar-refractivity contribution in [2.45, 2.75) is 38.6 Å². The van der Waals surface area contributed by atoms with Crippen molar-refractivity contribution in [2.24, 2.45) is 17.8 Å². The molecule has 3 rings (SSSR count). The third-order valence-corrected chi connectivity index (χ3v) is 5.71. The van der Waals surface area contributed by atoms with E-state index < -0.39 is 0 Å². The summed E-state index contributed by atoms with van der Waals surface area (Å²) < 4.78 is 0. The maximum Gasteiger partial charge on any atom is 0.251 e. The summed E-state index contributed by atoms with van der Waals surface area (Å²) in [5.41, 5.74) is 0.578. The number of fused-ring (bicyclic) bond motifs is 2. The second-order valence-corrected chi connectivity index (χ2v) is 7.04. The molecule has 1 aromatic carbocycles. The molecule has 0 saturated heterocycles. The molecule has 1 amide bonds. The van der Waals surface area contributed by atoms with Crippen molar-refractivity contribution >= 4 is 29.1 Å². The van der Waals surface area contributed by atoms with Gasteiger partial charge in [0.15, 0.2) is 0 Å². The fourth-order valence-corrected chi connectivity index (χ4v) is 4.24. The first-order valence-corrected chi connectivity index (χ1v) is 8.06. The number of amides is 1. The van der Waals surface area contributed by atoms with Gasteiger partial charge in [-0.05, 0) is 62.1 Å². The number of hydrogen-bond acceptors (Lipinski definition) is 1. The molecular weight excluding hydrogens is 293 g/mol. The summed E-state index contributed by atoms with van der Waals surface area (Å²) in [4.78, 5) is 12.3. The van der Waals surface area contributed by atoms with Gasteiger partial charge < -0.3 is 5.32 Å². The molecule has 2 nitrogen and oxygen atoms in total. The van der Waals surface area contributed by atoms with Gasteiger partial charge in [0.1, 0.15) is 0 Å². The Hall–Kier alpha value is -0.730. The van der Waals surface area contributed by atoms with Gasteiger partial charge in [0.2, 0.25) is 0 Å². The van der Waals surface area contributed by atoms with Crippen molar-refractivity contribution in [3.63, 3.8) is 0 Å². The highest BCUT2D eigenvalue weighted by molar-refractivity contribution is 6.42. The van der Waals surface area contributed by atoms with E-state index in [0.29, 0.717) is 21.5 Å². The molecule has 2 aliphatic carbocycles. The summed E-state index contributed by atoms with van der Waals surface area (Å²) in [5, 5.41) is 4.03. The van der Waals surface area contributed by atoms with Crippen LogP contribution in [0.3, 0.4) is 0 Å². The van der Waals surface area contributed by atoms with Gasteiger partial charge in [-0.15, -0.1) is 0 Å². The maximum atomic E-state index is 12.3. The minimum absolute atomic E-state index is 0.0566. The molecule has 20 heavy (non-hydrogen) atoms. The number of rotatable bonds is 3. The van der Waals surface area contributed by atoms with Crippen LogP contribution in [0.15, 0.2) is 18.2 Å². The molecule has 4 atom stereocenters. The molecule has 2 aliphatic rings. The van der Waals surface area contributed by atoms with Crippen LogP contribution in [0.5, 0.6) is 0 Å². The Kier molecular flexibility index (Phi) is 3.96. The Morgan fingerprint density at radius 1 is 1.25 bits per heavy atom. The maximum absolute atomic E-state index is 12.3. The van der Waals surface area contributed by atoms with Crippen molar-refractivity contribution in [3.05, 3.63) is 33.8 Å². The van der Waals surface area contributed by atoms with Crippen LogP contribution in [0.2, 0.25) is 10.0 Å². The van der Waals surface area contributed by atoms with E-state index in [9.17, 15) is 4.79 Å². The largest absolute Gasteiger partial charge is 0.349 e. The van der Waals surface area contributed by atoms with Crippen molar-refractivity contribution in [2.75, 3.05) is 0 Å². The highest BCUT2D eigenvalue weighted by Crippen LogP contribution is 2.49. The summed E-state index contributed by atoms with van der Waals surface area (Å²) in [6.07, 6.45) is 5.35. The Bertz CT molecular complexity index is 531. The van der Waals surface area contributed by atoms with Crippen molar-refractivity contribution in [1.82, 2.24) is 5.32 Å². The average Bonchev–Trinajstić information content (AvgIpc) is 3.04. The average molecular weight is 312 g/mol. The first-order chi connectivity index (χ1) is 9.54. The summed E-state index contributed by atoms with van der Waals surface area (Å²) in [6, 6.07) is 5.25. The molecule has 1 N–H and O–H groups in total. The SMILES string of the molecule is C[C@H](NC(=O)c1ccc(Cl)c(Cl)c1)[C@@H]1C[C@H]2CC[C@H]1C2. The molecule has 0 aromatic heterocycles. The lowest BCUT2D eigenvalue weighted by Gasteiger charge is -2.28. The quantitative estimate of drug-likeness (QED) is 0.872. The molecule has 0 unspecified atom stereocenters. The Morgan fingerprint density at radius 2 is 2.05 bits per heavy atom. The van der Waals surface area contributed by atoms with E-state index in [1.807, 2.05) is 0 Å². The highest BCUT2D eigenvalue weighted by atomic mass is 35.5. The first-order valence-electron chi connectivity index (χ1n) is 7.30. The van der Waals surface area contributed by atoms with Crippen molar-refractivity contribution in [3.8, 4) is 0 Å². The standard InChI is InChI=1S/C16H19Cl2NO/c1-9(13-7-10-2-3-11(13)6-10)19-16(20)12-4-5-14(17)15(18)8-12/h4-5,8-11,13H,2-3,6-7H2,1H3,(H,19,20)/t9-,10-,11-,13-/m0/s1. The molecule has 1 aromatic rings. The lowest BCUT2D eigenvalue weighted by atomic mass is 9.84. The van der Waals surface area contributed by atoms with Gasteiger partial charge in [0.05, 0.1) is 10.0 Å². The van der Waals surface area contributed by atoms with Crippen LogP contribution < -0.4 is 5.32 Å². The van der Waals surface area contributed by atoms with E-state index in [0.717, 1.165) is 11.8 Å². The van der Waals surface area contributed by atoms with E-state index in [2.05, 4.69) is 12.2 Å². The predicted molar refractivity (Wildman–Crippen MR) is 82.3 cm³/mol. The van der Waals surface area contributed by atoms with E-state index in [1.165, 1.54) is 25.7 Å². The molecular formula is C16H19Cl2NO. The highest BCUT2D eigenvalue weighted by Gasteiger charge is 2.42. The van der Waals surface area contributed by atoms with Crippen LogP contribution in [0.1, 0.15) is 43.0 Å². The number of hydrogen-bond donors (Lipinski definition) is 1. The first kappa shape index (κ1) is 14.2. The zero-order valence-electron chi connectivity index (χ0n) is 11.5. The van der Waals surface area contributed by atoms with Crippen LogP contribution in [-0.2, 0) is 0 Å². The van der Waals surface area contributed by atoms with Gasteiger partial charge in [-0.1, -0.05) is 29.6 Å². The van der Waals surface area contributed by atoms with Gasteiger partial charge in [0, 0.05) is 11.6 Å². The molecule has 2 bridgehead atoms. The van der Waals surface area contributed by atoms with E-state index in [4.69, 9.17) is 23.2 Å². The lowest BCUT2D eigenvalue weighted by Crippen LogP contribution is -2.40. The summed E-state index contributed by atoms with van der Waals surface area (Å²) in [5.74, 6) is 2.29. The van der Waals surface area contributed by atoms with Gasteiger partial charge in [-0.3, -0.25) is 4.79 Å². The van der Waals surface area contributed by atoms with Crippen LogP contribution in [0, 0.1) is 17.8 Å². The lowest BCUT2D eigenvalue weighted by molar-refractivity contribution is 0.0915. The molecule has 4 heteroatoms. The van der Waals surface area contributed by atoms with Crippen LogP contribution >= 0.6 is 23.2 Å². The normalized spacial score (nSPS) is 29.4. The van der Waals surface area contributed by atoms with Crippen LogP contribution in [0.25, 0.3) is 0 Å². The minimum atomic E-state index is -0.0566. The fraction of sp³-hybridized carbons (Fsp3) is 0.562. The third-order valence-electron chi connectivity index (χ3n) is 4.98. The molecule has 2 saturated carbocycles. The third kappa shape index (κ3) is 2.68. The van der Waals surface area contributed by atoms with E-state index >= 15 is 0 Å². The summed E-state index contributed by atoms with van der Waals surface area (Å²) in [6.45, 7) is 2.13. The summed E-state index contributed by atoms with van der Waals surface area (Å²) in [7, 11) is 0. The van der Waals surface area contributed by atoms with Gasteiger partial charge in [0.25, 0.3) is 5.91 Å². The Labute approximate surface area is 129 Å². The zero-order valence-corrected chi connectivity index (χ0v) is 13.0. The number of benzene rings is 1. The van der Waals surface area contributed by atoms with Crippen molar-refractivity contribution < 1.29 is 4.79 Å². The number of carbonyl (C=O) groups excluding carboxylic acids is 1. The molecule has 0 aliphatic heterocycles. The molecule has 108 valence electrons. The number of halogens is 2. The molecule has 0 radical (unpaired) electrons. The van der Waals surface area contributed by atoms with Gasteiger partial charge >= 0.3 is 0 Å². The number of nitrogens with one attached hydrogen (secondary N) is 1. The van der Waals surface area contributed by atoms with Gasteiger partial charge in [-0.25, -0.2) is 0 Å². The van der Waals surface area contributed by atoms with Gasteiger partial charge in [-0.2, -0.15) is 0 Å². The number of carbonyl (C=O) groups is 1. The second-order valence-electron chi connectivity index (χ2n) is 6.23. The smallest absolute Gasteiger partial charge is 0.251 e. The second kappa shape index (κ2) is 5.57.